The first-order chi connectivity index (χ1) is 7.79. The molecule has 2 saturated heterocycles. The molecule has 2 aliphatic heterocycles. The first kappa shape index (κ1) is 9.41. The fraction of sp³-hybridized carbons (Fsp3) is 0.385. The van der Waals surface area contributed by atoms with E-state index in [-0.39, 0.29) is 11.8 Å². The zero-order valence-corrected chi connectivity index (χ0v) is 8.89. The Bertz CT molecular complexity index is 483. The highest BCUT2D eigenvalue weighted by atomic mass is 16.2. The second-order valence-corrected chi connectivity index (χ2v) is 4.61. The molecule has 0 N–H and O–H groups in total. The Balaban J connectivity index is 1.98. The SMILES string of the molecule is N#Cc1ccccc1N1CC2CC(C2)C1=O. The Morgan fingerprint density at radius 2 is 2.06 bits per heavy atom. The fourth-order valence-corrected chi connectivity index (χ4v) is 2.68. The number of carbonyl (C=O) groups excluding carboxylic acids is 1. The van der Waals surface area contributed by atoms with Gasteiger partial charge in [-0.1, -0.05) is 12.1 Å². The van der Waals surface area contributed by atoms with Crippen LogP contribution >= 0.6 is 0 Å². The predicted octanol–water partition coefficient (Wildman–Crippen LogP) is 1.93. The van der Waals surface area contributed by atoms with Gasteiger partial charge in [-0.05, 0) is 30.9 Å². The fourth-order valence-electron chi connectivity index (χ4n) is 2.68. The normalized spacial score (nSPS) is 27.2. The molecular formula is C13H12N2O. The number of rotatable bonds is 1. The molecule has 0 aromatic heterocycles. The number of hydrogen-bond donors (Lipinski definition) is 0. The van der Waals surface area contributed by atoms with Crippen LogP contribution < -0.4 is 4.90 Å². The molecule has 3 aliphatic rings. The Labute approximate surface area is 94.3 Å². The van der Waals surface area contributed by atoms with Crippen LogP contribution in [-0.4, -0.2) is 12.5 Å². The summed E-state index contributed by atoms with van der Waals surface area (Å²) in [5.74, 6) is 1.06. The van der Waals surface area contributed by atoms with Gasteiger partial charge < -0.3 is 4.90 Å². The van der Waals surface area contributed by atoms with E-state index in [4.69, 9.17) is 5.26 Å². The summed E-state index contributed by atoms with van der Waals surface area (Å²) in [5, 5.41) is 9.02. The molecule has 3 heteroatoms. The number of para-hydroxylation sites is 1. The van der Waals surface area contributed by atoms with Gasteiger partial charge in [0.25, 0.3) is 0 Å². The minimum atomic E-state index is 0.199. The van der Waals surface area contributed by atoms with Gasteiger partial charge in [0.15, 0.2) is 0 Å². The summed E-state index contributed by atoms with van der Waals surface area (Å²) in [6.45, 7) is 0.786. The van der Waals surface area contributed by atoms with Crippen molar-refractivity contribution in [1.82, 2.24) is 0 Å². The zero-order valence-electron chi connectivity index (χ0n) is 8.89. The van der Waals surface area contributed by atoms with E-state index in [2.05, 4.69) is 6.07 Å². The monoisotopic (exact) mass is 212 g/mol. The van der Waals surface area contributed by atoms with Crippen LogP contribution in [0, 0.1) is 23.2 Å². The first-order valence-corrected chi connectivity index (χ1v) is 5.60. The minimum Gasteiger partial charge on any atom is -0.311 e. The Hall–Kier alpha value is -1.82. The van der Waals surface area contributed by atoms with Gasteiger partial charge in [0.05, 0.1) is 11.3 Å². The molecule has 0 radical (unpaired) electrons. The van der Waals surface area contributed by atoms with Gasteiger partial charge >= 0.3 is 0 Å². The van der Waals surface area contributed by atoms with E-state index < -0.39 is 0 Å². The van der Waals surface area contributed by atoms with Crippen LogP contribution in [0.3, 0.4) is 0 Å². The number of amides is 1. The zero-order chi connectivity index (χ0) is 11.1. The van der Waals surface area contributed by atoms with Gasteiger partial charge in [-0.2, -0.15) is 5.26 Å². The lowest BCUT2D eigenvalue weighted by Crippen LogP contribution is -2.53. The smallest absolute Gasteiger partial charge is 0.230 e. The van der Waals surface area contributed by atoms with Gasteiger partial charge in [-0.3, -0.25) is 4.79 Å². The molecule has 3 nitrogen and oxygen atoms in total. The maximum atomic E-state index is 12.0. The Morgan fingerprint density at radius 1 is 1.31 bits per heavy atom. The highest BCUT2D eigenvalue weighted by Crippen LogP contribution is 2.42. The average molecular weight is 212 g/mol. The molecule has 2 heterocycles. The number of fused-ring (bicyclic) bond motifs is 2. The number of hydrogen-bond acceptors (Lipinski definition) is 2. The molecule has 16 heavy (non-hydrogen) atoms. The predicted molar refractivity (Wildman–Crippen MR) is 59.7 cm³/mol. The van der Waals surface area contributed by atoms with Crippen molar-refractivity contribution in [3.05, 3.63) is 29.8 Å². The summed E-state index contributed by atoms with van der Waals surface area (Å²) >= 11 is 0. The molecule has 1 aromatic rings. The standard InChI is InChI=1S/C13H12N2O/c14-7-10-3-1-2-4-12(10)15-8-9-5-11(6-9)13(15)16/h1-4,9,11H,5-6,8H2. The van der Waals surface area contributed by atoms with Crippen LogP contribution in [0.4, 0.5) is 5.69 Å². The summed E-state index contributed by atoms with van der Waals surface area (Å²) in [6, 6.07) is 9.49. The maximum Gasteiger partial charge on any atom is 0.230 e. The third kappa shape index (κ3) is 1.23. The number of nitriles is 1. The van der Waals surface area contributed by atoms with Crippen molar-refractivity contribution in [2.24, 2.45) is 11.8 Å². The molecule has 3 fully saturated rings. The largest absolute Gasteiger partial charge is 0.311 e. The lowest BCUT2D eigenvalue weighted by Gasteiger charge is -2.46. The molecule has 2 bridgehead atoms. The Kier molecular flexibility index (Phi) is 1.97. The van der Waals surface area contributed by atoms with Crippen molar-refractivity contribution in [3.63, 3.8) is 0 Å². The number of piperidine rings is 2. The van der Waals surface area contributed by atoms with Crippen molar-refractivity contribution in [2.45, 2.75) is 12.8 Å². The highest BCUT2D eigenvalue weighted by molar-refractivity contribution is 5.98. The van der Waals surface area contributed by atoms with E-state index in [9.17, 15) is 4.79 Å². The molecule has 1 aromatic carbocycles. The summed E-state index contributed by atoms with van der Waals surface area (Å²) in [6.07, 6.45) is 2.09. The third-order valence-corrected chi connectivity index (χ3v) is 3.61. The second-order valence-electron chi connectivity index (χ2n) is 4.61. The topological polar surface area (TPSA) is 44.1 Å². The van der Waals surface area contributed by atoms with Crippen molar-refractivity contribution in [3.8, 4) is 6.07 Å². The number of benzene rings is 1. The molecule has 80 valence electrons. The molecule has 1 amide bonds. The van der Waals surface area contributed by atoms with Gasteiger partial charge in [-0.15, -0.1) is 0 Å². The van der Waals surface area contributed by atoms with E-state index >= 15 is 0 Å². The molecule has 0 atom stereocenters. The van der Waals surface area contributed by atoms with E-state index in [1.165, 1.54) is 0 Å². The van der Waals surface area contributed by atoms with Crippen LogP contribution in [0.5, 0.6) is 0 Å². The molecule has 0 spiro atoms. The number of carbonyl (C=O) groups is 1. The minimum absolute atomic E-state index is 0.199. The van der Waals surface area contributed by atoms with Crippen LogP contribution in [0.1, 0.15) is 18.4 Å². The van der Waals surface area contributed by atoms with E-state index in [1.807, 2.05) is 18.2 Å². The molecule has 0 unspecified atom stereocenters. The van der Waals surface area contributed by atoms with E-state index in [1.54, 1.807) is 11.0 Å². The van der Waals surface area contributed by atoms with Gasteiger partial charge in [0, 0.05) is 12.5 Å². The van der Waals surface area contributed by atoms with Crippen LogP contribution in [0.15, 0.2) is 24.3 Å². The van der Waals surface area contributed by atoms with Crippen LogP contribution in [0.25, 0.3) is 0 Å². The summed E-state index contributed by atoms with van der Waals surface area (Å²) < 4.78 is 0. The van der Waals surface area contributed by atoms with Crippen molar-refractivity contribution in [2.75, 3.05) is 11.4 Å². The first-order valence-electron chi connectivity index (χ1n) is 5.60. The number of anilines is 1. The summed E-state index contributed by atoms with van der Waals surface area (Å²) in [4.78, 5) is 13.8. The van der Waals surface area contributed by atoms with Gasteiger partial charge in [0.1, 0.15) is 6.07 Å². The van der Waals surface area contributed by atoms with Crippen molar-refractivity contribution >= 4 is 11.6 Å². The van der Waals surface area contributed by atoms with Crippen molar-refractivity contribution < 1.29 is 4.79 Å². The summed E-state index contributed by atoms with van der Waals surface area (Å²) in [7, 11) is 0. The Morgan fingerprint density at radius 3 is 2.75 bits per heavy atom. The van der Waals surface area contributed by atoms with Gasteiger partial charge in [0.2, 0.25) is 5.91 Å². The quantitative estimate of drug-likeness (QED) is 0.714. The van der Waals surface area contributed by atoms with E-state index in [0.717, 1.165) is 25.1 Å². The van der Waals surface area contributed by atoms with Crippen LogP contribution in [-0.2, 0) is 4.79 Å². The lowest BCUT2D eigenvalue weighted by atomic mass is 9.70. The third-order valence-electron chi connectivity index (χ3n) is 3.61. The van der Waals surface area contributed by atoms with Crippen LogP contribution in [0.2, 0.25) is 0 Å². The molecular weight excluding hydrogens is 200 g/mol. The van der Waals surface area contributed by atoms with Gasteiger partial charge in [-0.25, -0.2) is 0 Å². The second kappa shape index (κ2) is 3.34. The molecule has 1 saturated carbocycles. The lowest BCUT2D eigenvalue weighted by molar-refractivity contribution is -0.129. The average Bonchev–Trinajstić information content (AvgIpc) is 2.28. The highest BCUT2D eigenvalue weighted by Gasteiger charge is 2.44. The van der Waals surface area contributed by atoms with Crippen molar-refractivity contribution in [1.29, 1.82) is 5.26 Å². The summed E-state index contributed by atoms with van der Waals surface area (Å²) in [5.41, 5.74) is 1.38. The number of nitrogens with zero attached hydrogens (tertiary/aromatic N) is 2. The molecule has 4 rings (SSSR count). The molecule has 1 aliphatic carbocycles. The maximum absolute atomic E-state index is 12.0. The van der Waals surface area contributed by atoms with E-state index in [0.29, 0.717) is 11.5 Å².